The van der Waals surface area contributed by atoms with Crippen LogP contribution in [0.4, 0.5) is 0 Å². The van der Waals surface area contributed by atoms with Crippen molar-refractivity contribution in [3.8, 4) is 0 Å². The van der Waals surface area contributed by atoms with E-state index < -0.39 is 0 Å². The van der Waals surface area contributed by atoms with Crippen molar-refractivity contribution in [2.75, 3.05) is 0 Å². The summed E-state index contributed by atoms with van der Waals surface area (Å²) in [6.07, 6.45) is 4.09. The number of nitrogens with zero attached hydrogens (tertiary/aromatic N) is 1. The smallest absolute Gasteiger partial charge is 0.0430 e. The van der Waals surface area contributed by atoms with Crippen LogP contribution in [0.3, 0.4) is 0 Å². The van der Waals surface area contributed by atoms with Crippen LogP contribution >= 0.6 is 0 Å². The summed E-state index contributed by atoms with van der Waals surface area (Å²) in [6.45, 7) is 0.923. The van der Waals surface area contributed by atoms with E-state index in [1.54, 1.807) is 0 Å². The summed E-state index contributed by atoms with van der Waals surface area (Å²) < 4.78 is 0. The molecule has 1 heteroatoms. The molecule has 11 heavy (non-hydrogen) atoms. The van der Waals surface area contributed by atoms with Crippen molar-refractivity contribution in [2.45, 2.75) is 6.54 Å². The first-order valence-corrected chi connectivity index (χ1v) is 3.69. The molecule has 0 saturated heterocycles. The van der Waals surface area contributed by atoms with E-state index >= 15 is 0 Å². The van der Waals surface area contributed by atoms with Crippen LogP contribution < -0.4 is 0 Å². The second kappa shape index (κ2) is 2.42. The number of hydrogen-bond donors (Lipinski definition) is 0. The predicted octanol–water partition coefficient (Wildman–Crippen LogP) is 2.26. The molecule has 1 aromatic carbocycles. The molecule has 0 atom stereocenters. The van der Waals surface area contributed by atoms with E-state index in [9.17, 15) is 0 Å². The van der Waals surface area contributed by atoms with Crippen LogP contribution in [-0.2, 0) is 6.54 Å². The average molecular weight is 144 g/mol. The second-order valence-electron chi connectivity index (χ2n) is 2.76. The number of fused-ring (bicyclic) bond motifs is 1. The maximum atomic E-state index is 3.84. The highest BCUT2D eigenvalue weighted by Crippen LogP contribution is 2.17. The standard InChI is InChI=1S/C10H10N/c1-11-7-6-9-4-2-3-5-10(9)8-11/h2-7H,1,8H2. The first-order valence-electron chi connectivity index (χ1n) is 3.69. The van der Waals surface area contributed by atoms with Crippen molar-refractivity contribution in [2.24, 2.45) is 0 Å². The van der Waals surface area contributed by atoms with E-state index in [0.717, 1.165) is 6.54 Å². The Labute approximate surface area is 67.0 Å². The Bertz CT molecular complexity index is 289. The first kappa shape index (κ1) is 6.47. The molecule has 2 rings (SSSR count). The lowest BCUT2D eigenvalue weighted by molar-refractivity contribution is 0.491. The van der Waals surface area contributed by atoms with E-state index in [-0.39, 0.29) is 0 Å². The fourth-order valence-corrected chi connectivity index (χ4v) is 1.30. The molecule has 55 valence electrons. The molecular formula is C10H10N. The van der Waals surface area contributed by atoms with Gasteiger partial charge in [-0.3, -0.25) is 0 Å². The topological polar surface area (TPSA) is 3.24 Å². The molecule has 1 nitrogen and oxygen atoms in total. The van der Waals surface area contributed by atoms with Gasteiger partial charge in [-0.05, 0) is 17.2 Å². The molecule has 1 aliphatic rings. The van der Waals surface area contributed by atoms with Crippen LogP contribution in [0.2, 0.25) is 0 Å². The molecule has 1 heterocycles. The zero-order valence-corrected chi connectivity index (χ0v) is 6.33. The van der Waals surface area contributed by atoms with Crippen LogP contribution in [-0.4, -0.2) is 4.90 Å². The van der Waals surface area contributed by atoms with Gasteiger partial charge in [-0.25, -0.2) is 0 Å². The predicted molar refractivity (Wildman–Crippen MR) is 46.4 cm³/mol. The van der Waals surface area contributed by atoms with Crippen molar-refractivity contribution in [3.05, 3.63) is 48.6 Å². The van der Waals surface area contributed by atoms with Gasteiger partial charge in [-0.1, -0.05) is 24.3 Å². The molecule has 1 aliphatic heterocycles. The molecule has 0 spiro atoms. The van der Waals surface area contributed by atoms with E-state index in [1.165, 1.54) is 11.1 Å². The Hall–Kier alpha value is -1.24. The summed E-state index contributed by atoms with van der Waals surface area (Å²) in [7, 11) is 3.84. The fourth-order valence-electron chi connectivity index (χ4n) is 1.30. The zero-order valence-electron chi connectivity index (χ0n) is 6.33. The lowest BCUT2D eigenvalue weighted by Crippen LogP contribution is -2.11. The van der Waals surface area contributed by atoms with Gasteiger partial charge in [-0.2, -0.15) is 0 Å². The van der Waals surface area contributed by atoms with Crippen LogP contribution in [0.1, 0.15) is 11.1 Å². The van der Waals surface area contributed by atoms with Gasteiger partial charge in [-0.15, -0.1) is 0 Å². The molecule has 1 aromatic rings. The molecule has 0 amide bonds. The maximum absolute atomic E-state index is 3.84. The van der Waals surface area contributed by atoms with E-state index in [1.807, 2.05) is 11.1 Å². The Kier molecular flexibility index (Phi) is 1.42. The Morgan fingerprint density at radius 3 is 3.00 bits per heavy atom. The van der Waals surface area contributed by atoms with Crippen molar-refractivity contribution < 1.29 is 0 Å². The number of benzene rings is 1. The summed E-state index contributed by atoms with van der Waals surface area (Å²) >= 11 is 0. The lowest BCUT2D eigenvalue weighted by atomic mass is 10.1. The molecule has 0 unspecified atom stereocenters. The molecule has 0 fully saturated rings. The van der Waals surface area contributed by atoms with Gasteiger partial charge in [0.15, 0.2) is 0 Å². The Morgan fingerprint density at radius 1 is 1.27 bits per heavy atom. The van der Waals surface area contributed by atoms with Crippen LogP contribution in [0.25, 0.3) is 6.08 Å². The SMILES string of the molecule is [CH2]N1C=Cc2ccccc2C1. The highest BCUT2D eigenvalue weighted by molar-refractivity contribution is 5.55. The monoisotopic (exact) mass is 144 g/mol. The number of hydrogen-bond acceptors (Lipinski definition) is 1. The highest BCUT2D eigenvalue weighted by atomic mass is 15.1. The van der Waals surface area contributed by atoms with Crippen molar-refractivity contribution in [1.82, 2.24) is 4.90 Å². The van der Waals surface area contributed by atoms with E-state index in [0.29, 0.717) is 0 Å². The average Bonchev–Trinajstić information content (AvgIpc) is 2.04. The van der Waals surface area contributed by atoms with Crippen LogP contribution in [0.5, 0.6) is 0 Å². The molecule has 0 aliphatic carbocycles. The molecule has 0 bridgehead atoms. The second-order valence-corrected chi connectivity index (χ2v) is 2.76. The molecule has 0 N–H and O–H groups in total. The van der Waals surface area contributed by atoms with Crippen molar-refractivity contribution in [3.63, 3.8) is 0 Å². The largest absolute Gasteiger partial charge is 0.371 e. The summed E-state index contributed by atoms with van der Waals surface area (Å²) in [6, 6.07) is 8.38. The highest BCUT2D eigenvalue weighted by Gasteiger charge is 2.04. The van der Waals surface area contributed by atoms with Crippen molar-refractivity contribution >= 4 is 6.08 Å². The van der Waals surface area contributed by atoms with Gasteiger partial charge in [0, 0.05) is 19.8 Å². The Balaban J connectivity index is 2.46. The third kappa shape index (κ3) is 1.14. The van der Waals surface area contributed by atoms with E-state index in [4.69, 9.17) is 0 Å². The number of rotatable bonds is 0. The third-order valence-corrected chi connectivity index (χ3v) is 1.89. The van der Waals surface area contributed by atoms with Gasteiger partial charge < -0.3 is 4.90 Å². The van der Waals surface area contributed by atoms with E-state index in [2.05, 4.69) is 37.4 Å². The summed E-state index contributed by atoms with van der Waals surface area (Å²) in [5, 5.41) is 0. The van der Waals surface area contributed by atoms with Crippen LogP contribution in [0.15, 0.2) is 30.5 Å². The molecular weight excluding hydrogens is 134 g/mol. The summed E-state index contributed by atoms with van der Waals surface area (Å²) in [5.41, 5.74) is 2.66. The zero-order chi connectivity index (χ0) is 7.68. The minimum absolute atomic E-state index is 0.923. The maximum Gasteiger partial charge on any atom is 0.0430 e. The van der Waals surface area contributed by atoms with Gasteiger partial charge >= 0.3 is 0 Å². The third-order valence-electron chi connectivity index (χ3n) is 1.89. The molecule has 0 aromatic heterocycles. The van der Waals surface area contributed by atoms with Crippen LogP contribution in [0, 0.1) is 7.05 Å². The lowest BCUT2D eigenvalue weighted by Gasteiger charge is -2.19. The van der Waals surface area contributed by atoms with Gasteiger partial charge in [0.2, 0.25) is 0 Å². The molecule has 1 radical (unpaired) electrons. The summed E-state index contributed by atoms with van der Waals surface area (Å²) in [5.74, 6) is 0. The van der Waals surface area contributed by atoms with Gasteiger partial charge in [0.1, 0.15) is 0 Å². The Morgan fingerprint density at radius 2 is 2.09 bits per heavy atom. The van der Waals surface area contributed by atoms with Gasteiger partial charge in [0.05, 0.1) is 0 Å². The minimum atomic E-state index is 0.923. The quantitative estimate of drug-likeness (QED) is 0.540. The van der Waals surface area contributed by atoms with Gasteiger partial charge in [0.25, 0.3) is 0 Å². The molecule has 0 saturated carbocycles. The fraction of sp³-hybridized carbons (Fsp3) is 0.100. The normalized spacial score (nSPS) is 14.8. The first-order chi connectivity index (χ1) is 5.36. The minimum Gasteiger partial charge on any atom is -0.371 e. The van der Waals surface area contributed by atoms with Crippen molar-refractivity contribution in [1.29, 1.82) is 0 Å². The summed E-state index contributed by atoms with van der Waals surface area (Å²) in [4.78, 5) is 1.93.